The van der Waals surface area contributed by atoms with Gasteiger partial charge >= 0.3 is 0 Å². The van der Waals surface area contributed by atoms with Crippen molar-refractivity contribution in [2.75, 3.05) is 27.9 Å². The highest BCUT2D eigenvalue weighted by molar-refractivity contribution is 6.05. The van der Waals surface area contributed by atoms with Gasteiger partial charge in [-0.3, -0.25) is 4.79 Å². The third-order valence-corrected chi connectivity index (χ3v) is 8.47. The van der Waals surface area contributed by atoms with Crippen molar-refractivity contribution in [1.82, 2.24) is 0 Å². The molecule has 0 unspecified atom stereocenters. The summed E-state index contributed by atoms with van der Waals surface area (Å²) in [4.78, 5) is 13.4. The molecule has 2 aromatic heterocycles. The predicted octanol–water partition coefficient (Wildman–Crippen LogP) is 9.89. The Kier molecular flexibility index (Phi) is 12.2. The van der Waals surface area contributed by atoms with Crippen molar-refractivity contribution in [2.24, 2.45) is 0 Å². The van der Waals surface area contributed by atoms with Crippen molar-refractivity contribution in [1.29, 1.82) is 0 Å². The summed E-state index contributed by atoms with van der Waals surface area (Å²) in [6, 6.07) is 21.0. The van der Waals surface area contributed by atoms with Crippen molar-refractivity contribution < 1.29 is 27.8 Å². The van der Waals surface area contributed by atoms with Crippen molar-refractivity contribution in [3.8, 4) is 28.6 Å². The summed E-state index contributed by atoms with van der Waals surface area (Å²) in [5, 5.41) is 1.21. The van der Waals surface area contributed by atoms with E-state index in [1.807, 2.05) is 18.2 Å². The molecule has 0 radical (unpaired) electrons. The van der Waals surface area contributed by atoms with Crippen LogP contribution in [-0.2, 0) is 17.8 Å². The number of rotatable bonds is 19. The molecule has 0 bridgehead atoms. The summed E-state index contributed by atoms with van der Waals surface area (Å²) in [6.45, 7) is 1.56. The van der Waals surface area contributed by atoms with E-state index in [1.54, 1.807) is 39.5 Å². The summed E-state index contributed by atoms with van der Waals surface area (Å²) < 4.78 is 34.7. The molecule has 0 amide bonds. The zero-order valence-corrected chi connectivity index (χ0v) is 27.4. The molecule has 0 saturated carbocycles. The number of fused-ring (bicyclic) bond motifs is 3. The second kappa shape index (κ2) is 16.9. The standard InChI is InChI=1S/C39H46O7/c1-41-33-21-20-29(23-36(33)43-3)34-25-32(40)38-37(46-34)26-35(42-2)31-24-30(45-39(31)38)19-15-10-8-6-4-5-7-9-11-16-22-44-27-28-17-13-12-14-18-28/h12-14,17-18,20-21,23-26H,4-11,15-16,19,22,27H2,1-3H3. The van der Waals surface area contributed by atoms with E-state index in [9.17, 15) is 4.79 Å². The van der Waals surface area contributed by atoms with Gasteiger partial charge < -0.3 is 27.8 Å². The molecule has 0 saturated heterocycles. The molecule has 0 fully saturated rings. The third-order valence-electron chi connectivity index (χ3n) is 8.47. The predicted molar refractivity (Wildman–Crippen MR) is 183 cm³/mol. The first kappa shape index (κ1) is 33.1. The molecule has 0 spiro atoms. The van der Waals surface area contributed by atoms with E-state index in [1.165, 1.54) is 56.6 Å². The van der Waals surface area contributed by atoms with E-state index in [4.69, 9.17) is 27.8 Å². The van der Waals surface area contributed by atoms with Crippen LogP contribution in [0.2, 0.25) is 0 Å². The maximum atomic E-state index is 13.4. The van der Waals surface area contributed by atoms with Gasteiger partial charge in [-0.2, -0.15) is 0 Å². The minimum atomic E-state index is -0.170. The van der Waals surface area contributed by atoms with Gasteiger partial charge in [0.15, 0.2) is 22.5 Å². The molecule has 7 heteroatoms. The number of hydrogen-bond donors (Lipinski definition) is 0. The summed E-state index contributed by atoms with van der Waals surface area (Å²) >= 11 is 0. The van der Waals surface area contributed by atoms with Gasteiger partial charge in [0, 0.05) is 30.7 Å². The average Bonchev–Trinajstić information content (AvgIpc) is 3.51. The minimum absolute atomic E-state index is 0.170. The molecule has 0 aliphatic heterocycles. The first-order valence-corrected chi connectivity index (χ1v) is 16.5. The van der Waals surface area contributed by atoms with E-state index < -0.39 is 0 Å². The molecule has 5 rings (SSSR count). The molecule has 2 heterocycles. The van der Waals surface area contributed by atoms with Crippen molar-refractivity contribution in [2.45, 2.75) is 77.2 Å². The lowest BCUT2D eigenvalue weighted by atomic mass is 10.1. The molecule has 0 N–H and O–H groups in total. The zero-order chi connectivity index (χ0) is 32.1. The second-order valence-electron chi connectivity index (χ2n) is 11.8. The van der Waals surface area contributed by atoms with Crippen LogP contribution in [0.5, 0.6) is 17.2 Å². The van der Waals surface area contributed by atoms with Crippen LogP contribution in [0.1, 0.15) is 75.5 Å². The van der Waals surface area contributed by atoms with E-state index in [-0.39, 0.29) is 5.43 Å². The molecule has 7 nitrogen and oxygen atoms in total. The lowest BCUT2D eigenvalue weighted by Gasteiger charge is -2.10. The molecule has 0 aliphatic rings. The van der Waals surface area contributed by atoms with Crippen LogP contribution in [0.15, 0.2) is 80.4 Å². The molecule has 3 aromatic carbocycles. The monoisotopic (exact) mass is 626 g/mol. The van der Waals surface area contributed by atoms with Crippen LogP contribution in [-0.4, -0.2) is 27.9 Å². The number of ether oxygens (including phenoxy) is 4. The Bertz CT molecular complexity index is 1730. The van der Waals surface area contributed by atoms with Crippen LogP contribution in [0.4, 0.5) is 0 Å². The topological polar surface area (TPSA) is 80.3 Å². The number of furan rings is 1. The molecule has 0 aliphatic carbocycles. The summed E-state index contributed by atoms with van der Waals surface area (Å²) in [5.41, 5.74) is 2.70. The van der Waals surface area contributed by atoms with Gasteiger partial charge in [0.25, 0.3) is 0 Å². The zero-order valence-electron chi connectivity index (χ0n) is 27.4. The number of hydrogen-bond acceptors (Lipinski definition) is 7. The van der Waals surface area contributed by atoms with Gasteiger partial charge in [0.05, 0.1) is 33.3 Å². The Morgan fingerprint density at radius 2 is 1.30 bits per heavy atom. The highest BCUT2D eigenvalue weighted by atomic mass is 16.5. The Labute approximate surface area is 271 Å². The first-order valence-electron chi connectivity index (χ1n) is 16.5. The maximum Gasteiger partial charge on any atom is 0.197 e. The van der Waals surface area contributed by atoms with Gasteiger partial charge in [0.2, 0.25) is 0 Å². The van der Waals surface area contributed by atoms with Gasteiger partial charge in [-0.25, -0.2) is 0 Å². The quantitative estimate of drug-likeness (QED) is 0.0844. The average molecular weight is 627 g/mol. The van der Waals surface area contributed by atoms with Gasteiger partial charge in [-0.15, -0.1) is 0 Å². The fourth-order valence-corrected chi connectivity index (χ4v) is 5.95. The summed E-state index contributed by atoms with van der Waals surface area (Å²) in [6.07, 6.45) is 13.1. The third kappa shape index (κ3) is 8.52. The van der Waals surface area contributed by atoms with E-state index >= 15 is 0 Å². The fraction of sp³-hybridized carbons (Fsp3) is 0.410. The van der Waals surface area contributed by atoms with Crippen LogP contribution in [0.3, 0.4) is 0 Å². The largest absolute Gasteiger partial charge is 0.496 e. The summed E-state index contributed by atoms with van der Waals surface area (Å²) in [5.74, 6) is 3.06. The Morgan fingerprint density at radius 3 is 2.00 bits per heavy atom. The van der Waals surface area contributed by atoms with Crippen molar-refractivity contribution in [3.05, 3.63) is 88.3 Å². The smallest absolute Gasteiger partial charge is 0.197 e. The Hall–Kier alpha value is -4.23. The molecule has 46 heavy (non-hydrogen) atoms. The van der Waals surface area contributed by atoms with E-state index in [2.05, 4.69) is 24.3 Å². The van der Waals surface area contributed by atoms with Crippen LogP contribution < -0.4 is 19.6 Å². The lowest BCUT2D eigenvalue weighted by Crippen LogP contribution is -2.01. The second-order valence-corrected chi connectivity index (χ2v) is 11.8. The van der Waals surface area contributed by atoms with E-state index in [0.29, 0.717) is 51.7 Å². The maximum absolute atomic E-state index is 13.4. The minimum Gasteiger partial charge on any atom is -0.496 e. The SMILES string of the molecule is COc1ccc(-c2cc(=O)c3c(cc(OC)c4cc(CCCCCCCCCCCCOCc5ccccc5)oc43)o2)cc1OC. The fourth-order valence-electron chi connectivity index (χ4n) is 5.95. The normalized spacial score (nSPS) is 11.4. The lowest BCUT2D eigenvalue weighted by molar-refractivity contribution is 0.116. The first-order chi connectivity index (χ1) is 22.6. The number of unbranched alkanes of at least 4 members (excludes halogenated alkanes) is 9. The van der Waals surface area contributed by atoms with Gasteiger partial charge in [-0.1, -0.05) is 81.7 Å². The molecule has 244 valence electrons. The highest BCUT2D eigenvalue weighted by Crippen LogP contribution is 2.37. The van der Waals surface area contributed by atoms with Crippen LogP contribution in [0, 0.1) is 0 Å². The Balaban J connectivity index is 1.06. The van der Waals surface area contributed by atoms with Crippen molar-refractivity contribution >= 4 is 21.9 Å². The van der Waals surface area contributed by atoms with Gasteiger partial charge in [0.1, 0.15) is 28.2 Å². The molecule has 5 aromatic rings. The highest BCUT2D eigenvalue weighted by Gasteiger charge is 2.19. The van der Waals surface area contributed by atoms with Crippen molar-refractivity contribution in [3.63, 3.8) is 0 Å². The summed E-state index contributed by atoms with van der Waals surface area (Å²) in [7, 11) is 4.77. The number of aryl methyl sites for hydroxylation is 1. The molecular weight excluding hydrogens is 580 g/mol. The van der Waals surface area contributed by atoms with Crippen LogP contribution >= 0.6 is 0 Å². The Morgan fingerprint density at radius 1 is 0.630 bits per heavy atom. The van der Waals surface area contributed by atoms with Gasteiger partial charge in [-0.05, 0) is 42.7 Å². The molecule has 0 atom stereocenters. The number of methoxy groups -OCH3 is 3. The molecular formula is C39H46O7. The van der Waals surface area contributed by atoms with E-state index in [0.717, 1.165) is 43.4 Å². The van der Waals surface area contributed by atoms with Crippen LogP contribution in [0.25, 0.3) is 33.3 Å². The number of benzene rings is 3.